The minimum atomic E-state index is -0.808. The normalized spacial score (nSPS) is 30.5. The molecule has 2 N–H and O–H groups in total. The van der Waals surface area contributed by atoms with Crippen LogP contribution < -0.4 is 0 Å². The van der Waals surface area contributed by atoms with Crippen molar-refractivity contribution in [1.29, 1.82) is 0 Å². The molecule has 0 radical (unpaired) electrons. The van der Waals surface area contributed by atoms with E-state index in [0.717, 1.165) is 35.1 Å². The number of rotatable bonds is 0. The number of hydrogen-bond donors (Lipinski definition) is 2. The van der Waals surface area contributed by atoms with Gasteiger partial charge in [0.1, 0.15) is 17.6 Å². The zero-order chi connectivity index (χ0) is 15.8. The van der Waals surface area contributed by atoms with Crippen LogP contribution in [0.5, 0.6) is 11.5 Å². The lowest BCUT2D eigenvalue weighted by Crippen LogP contribution is -2.36. The van der Waals surface area contributed by atoms with Gasteiger partial charge in [0.15, 0.2) is 5.79 Å². The number of hydrogen-bond acceptors (Lipinski definition) is 4. The summed E-state index contributed by atoms with van der Waals surface area (Å²) in [5.74, 6) is 0.0894. The maximum atomic E-state index is 10.5. The Morgan fingerprint density at radius 3 is 2.87 bits per heavy atom. The van der Waals surface area contributed by atoms with E-state index in [1.165, 1.54) is 5.56 Å². The molecule has 23 heavy (non-hydrogen) atoms. The van der Waals surface area contributed by atoms with Crippen LogP contribution in [0.1, 0.15) is 47.3 Å². The lowest BCUT2D eigenvalue weighted by molar-refractivity contribution is -0.260. The van der Waals surface area contributed by atoms with Crippen molar-refractivity contribution in [3.8, 4) is 11.5 Å². The summed E-state index contributed by atoms with van der Waals surface area (Å²) in [5.41, 5.74) is 4.65. The van der Waals surface area contributed by atoms with Gasteiger partial charge in [-0.2, -0.15) is 0 Å². The van der Waals surface area contributed by atoms with Gasteiger partial charge in [0, 0.05) is 23.1 Å². The Kier molecular flexibility index (Phi) is 2.49. The van der Waals surface area contributed by atoms with Crippen molar-refractivity contribution >= 4 is 0 Å². The number of phenols is 2. The third kappa shape index (κ3) is 1.62. The van der Waals surface area contributed by atoms with Crippen LogP contribution in [0.3, 0.4) is 0 Å². The molecule has 2 aromatic rings. The zero-order valence-electron chi connectivity index (χ0n) is 12.9. The highest BCUT2D eigenvalue weighted by atomic mass is 16.7. The number of aromatic hydroxyl groups is 2. The molecule has 3 atom stereocenters. The van der Waals surface area contributed by atoms with E-state index in [1.54, 1.807) is 12.1 Å². The van der Waals surface area contributed by atoms with E-state index < -0.39 is 5.79 Å². The summed E-state index contributed by atoms with van der Waals surface area (Å²) < 4.78 is 12.6. The molecule has 1 aliphatic carbocycles. The Labute approximate surface area is 134 Å². The molecule has 0 amide bonds. The van der Waals surface area contributed by atoms with E-state index in [-0.39, 0.29) is 17.6 Å². The van der Waals surface area contributed by atoms with E-state index in [4.69, 9.17) is 9.47 Å². The predicted molar refractivity (Wildman–Crippen MR) is 83.1 cm³/mol. The van der Waals surface area contributed by atoms with Gasteiger partial charge in [0.25, 0.3) is 0 Å². The lowest BCUT2D eigenvalue weighted by atomic mass is 9.78. The first-order chi connectivity index (χ1) is 11.1. The van der Waals surface area contributed by atoms with Gasteiger partial charge in [-0.3, -0.25) is 0 Å². The molecule has 0 saturated carbocycles. The molecular weight excluding hydrogens is 292 g/mol. The standard InChI is InChI=1S/C19H18O4/c1-10-7-11-5-6-15(21)16-17(11)19(8-10)22-9-13-12(18(16)23-19)3-2-4-14(13)20/h2-6,10,18,20-21H,7-9H2,1H3/t10-,18-,19-/m0/s1. The topological polar surface area (TPSA) is 58.9 Å². The van der Waals surface area contributed by atoms with Crippen LogP contribution in [0.4, 0.5) is 0 Å². The Bertz CT molecular complexity index is 828. The molecule has 0 fully saturated rings. The molecule has 4 nitrogen and oxygen atoms in total. The fourth-order valence-electron chi connectivity index (χ4n) is 4.47. The molecule has 4 heteroatoms. The van der Waals surface area contributed by atoms with Gasteiger partial charge in [0.2, 0.25) is 0 Å². The zero-order valence-corrected chi connectivity index (χ0v) is 12.9. The van der Waals surface area contributed by atoms with E-state index in [2.05, 4.69) is 6.92 Å². The maximum Gasteiger partial charge on any atom is 0.197 e. The summed E-state index contributed by atoms with van der Waals surface area (Å²) in [5, 5.41) is 20.7. The van der Waals surface area contributed by atoms with Gasteiger partial charge in [-0.15, -0.1) is 0 Å². The largest absolute Gasteiger partial charge is 0.508 e. The van der Waals surface area contributed by atoms with E-state index in [9.17, 15) is 10.2 Å². The van der Waals surface area contributed by atoms with Gasteiger partial charge in [-0.1, -0.05) is 25.1 Å². The quantitative estimate of drug-likeness (QED) is 0.782. The van der Waals surface area contributed by atoms with Crippen molar-refractivity contribution < 1.29 is 19.7 Å². The van der Waals surface area contributed by atoms with Crippen LogP contribution in [-0.4, -0.2) is 10.2 Å². The monoisotopic (exact) mass is 310 g/mol. The summed E-state index contributed by atoms with van der Waals surface area (Å²) in [6.07, 6.45) is 1.35. The van der Waals surface area contributed by atoms with Crippen LogP contribution in [0.2, 0.25) is 0 Å². The van der Waals surface area contributed by atoms with Gasteiger partial charge >= 0.3 is 0 Å². The molecule has 2 bridgehead atoms. The van der Waals surface area contributed by atoms with Gasteiger partial charge in [-0.25, -0.2) is 0 Å². The van der Waals surface area contributed by atoms with Crippen LogP contribution in [0.25, 0.3) is 0 Å². The summed E-state index contributed by atoms with van der Waals surface area (Å²) in [6.45, 7) is 2.51. The van der Waals surface area contributed by atoms with Crippen molar-refractivity contribution in [1.82, 2.24) is 0 Å². The second-order valence-corrected chi connectivity index (χ2v) is 6.93. The van der Waals surface area contributed by atoms with E-state index >= 15 is 0 Å². The average Bonchev–Trinajstić information content (AvgIpc) is 2.76. The maximum absolute atomic E-state index is 10.5. The van der Waals surface area contributed by atoms with Crippen LogP contribution in [0, 0.1) is 5.92 Å². The lowest BCUT2D eigenvalue weighted by Gasteiger charge is -2.37. The Hall–Kier alpha value is -2.04. The van der Waals surface area contributed by atoms with Crippen molar-refractivity contribution in [3.05, 3.63) is 58.1 Å². The van der Waals surface area contributed by atoms with Gasteiger partial charge in [0.05, 0.1) is 6.61 Å². The highest BCUT2D eigenvalue weighted by Crippen LogP contribution is 2.59. The fraction of sp³-hybridized carbons (Fsp3) is 0.368. The number of ether oxygens (including phenoxy) is 2. The molecular formula is C19H18O4. The summed E-state index contributed by atoms with van der Waals surface area (Å²) >= 11 is 0. The third-order valence-electron chi connectivity index (χ3n) is 5.37. The van der Waals surface area contributed by atoms with E-state index in [0.29, 0.717) is 12.5 Å². The number of benzene rings is 2. The fourth-order valence-corrected chi connectivity index (χ4v) is 4.47. The SMILES string of the molecule is C[C@H]1Cc2ccc(O)c3c2[C@@]2(C1)OCc1c(O)cccc1[C@@H]3O2. The molecule has 1 spiro atoms. The molecule has 2 aromatic carbocycles. The second-order valence-electron chi connectivity index (χ2n) is 6.93. The minimum absolute atomic E-state index is 0.219. The summed E-state index contributed by atoms with van der Waals surface area (Å²) in [7, 11) is 0. The minimum Gasteiger partial charge on any atom is -0.508 e. The number of fused-ring (bicyclic) bond motifs is 4. The van der Waals surface area contributed by atoms with Crippen molar-refractivity contribution in [2.75, 3.05) is 0 Å². The molecule has 2 heterocycles. The Morgan fingerprint density at radius 1 is 1.13 bits per heavy atom. The molecule has 0 aromatic heterocycles. The van der Waals surface area contributed by atoms with Crippen LogP contribution >= 0.6 is 0 Å². The molecule has 5 rings (SSSR count). The van der Waals surface area contributed by atoms with Crippen LogP contribution in [0.15, 0.2) is 30.3 Å². The second kappa shape index (κ2) is 4.28. The molecule has 0 unspecified atom stereocenters. The van der Waals surface area contributed by atoms with E-state index in [1.807, 2.05) is 18.2 Å². The number of phenolic OH excluding ortho intramolecular Hbond substituents is 2. The highest BCUT2D eigenvalue weighted by molar-refractivity contribution is 5.57. The molecule has 3 aliphatic rings. The first-order valence-corrected chi connectivity index (χ1v) is 8.07. The molecule has 2 aliphatic heterocycles. The first-order valence-electron chi connectivity index (χ1n) is 8.07. The predicted octanol–water partition coefficient (Wildman–Crippen LogP) is 3.48. The third-order valence-corrected chi connectivity index (χ3v) is 5.37. The smallest absolute Gasteiger partial charge is 0.197 e. The molecule has 118 valence electrons. The Balaban J connectivity index is 1.83. The Morgan fingerprint density at radius 2 is 2.00 bits per heavy atom. The average molecular weight is 310 g/mol. The van der Waals surface area contributed by atoms with Crippen molar-refractivity contribution in [2.45, 2.75) is 38.3 Å². The molecule has 0 saturated heterocycles. The summed E-state index contributed by atoms with van der Waals surface area (Å²) in [4.78, 5) is 0. The first kappa shape index (κ1) is 13.4. The van der Waals surface area contributed by atoms with Gasteiger partial charge < -0.3 is 19.7 Å². The summed E-state index contributed by atoms with van der Waals surface area (Å²) in [6, 6.07) is 9.16. The van der Waals surface area contributed by atoms with Crippen molar-refractivity contribution in [2.24, 2.45) is 5.92 Å². The highest BCUT2D eigenvalue weighted by Gasteiger charge is 2.54. The van der Waals surface area contributed by atoms with Gasteiger partial charge in [-0.05, 0) is 35.6 Å². The van der Waals surface area contributed by atoms with Crippen LogP contribution in [-0.2, 0) is 28.3 Å². The van der Waals surface area contributed by atoms with Crippen molar-refractivity contribution in [3.63, 3.8) is 0 Å².